The van der Waals surface area contributed by atoms with E-state index >= 15 is 0 Å². The number of amides is 1. The first-order valence-corrected chi connectivity index (χ1v) is 8.18. The predicted molar refractivity (Wildman–Crippen MR) is 78.4 cm³/mol. The Morgan fingerprint density at radius 3 is 2.76 bits per heavy atom. The molecular weight excluding hydrogens is 297 g/mol. The molecule has 0 aromatic heterocycles. The molecule has 116 valence electrons. The van der Waals surface area contributed by atoms with Crippen molar-refractivity contribution in [1.29, 1.82) is 0 Å². The molecule has 21 heavy (non-hydrogen) atoms. The van der Waals surface area contributed by atoms with Crippen molar-refractivity contribution in [3.05, 3.63) is 36.7 Å². The molecule has 0 spiro atoms. The van der Waals surface area contributed by atoms with Gasteiger partial charge in [0.2, 0.25) is 0 Å². The maximum atomic E-state index is 13.6. The number of rotatable bonds is 7. The Morgan fingerprint density at radius 2 is 2.19 bits per heavy atom. The number of halogens is 1. The minimum absolute atomic E-state index is 0.0700. The number of benzene rings is 1. The first-order valence-electron chi connectivity index (χ1n) is 6.28. The first-order chi connectivity index (χ1) is 9.75. The second kappa shape index (κ2) is 7.33. The van der Waals surface area contributed by atoms with E-state index in [0.717, 1.165) is 24.5 Å². The molecule has 0 saturated heterocycles. The molecular formula is C14H18FNO4S. The van der Waals surface area contributed by atoms with Gasteiger partial charge in [-0.05, 0) is 31.5 Å². The highest BCUT2D eigenvalue weighted by atomic mass is 32.2. The molecule has 5 nitrogen and oxygen atoms in total. The molecule has 7 heteroatoms. The lowest BCUT2D eigenvalue weighted by Gasteiger charge is -2.13. The van der Waals surface area contributed by atoms with Crippen molar-refractivity contribution >= 4 is 21.4 Å². The normalized spacial score (nSPS) is 12.7. The van der Waals surface area contributed by atoms with Crippen LogP contribution in [0.5, 0.6) is 0 Å². The zero-order chi connectivity index (χ0) is 16.0. The van der Waals surface area contributed by atoms with Gasteiger partial charge in [0.1, 0.15) is 11.9 Å². The Labute approximate surface area is 123 Å². The quantitative estimate of drug-likeness (QED) is 0.475. The van der Waals surface area contributed by atoms with Crippen LogP contribution in [0.4, 0.5) is 10.1 Å². The third-order valence-corrected chi connectivity index (χ3v) is 3.79. The zero-order valence-electron chi connectivity index (χ0n) is 11.9. The summed E-state index contributed by atoms with van der Waals surface area (Å²) in [6, 6.07) is 3.22. The van der Waals surface area contributed by atoms with E-state index in [2.05, 4.69) is 11.9 Å². The van der Waals surface area contributed by atoms with E-state index in [-0.39, 0.29) is 10.6 Å². The Morgan fingerprint density at radius 1 is 1.52 bits per heavy atom. The third kappa shape index (κ3) is 5.28. The molecule has 0 radical (unpaired) electrons. The lowest BCUT2D eigenvalue weighted by atomic mass is 10.3. The number of sulfone groups is 1. The van der Waals surface area contributed by atoms with E-state index in [9.17, 15) is 17.6 Å². The average Bonchev–Trinajstić information content (AvgIpc) is 2.40. The standard InChI is InChI=1S/C14H18FNO4S/c1-4-5-8-20-10(2)14(17)16-13-9-11(21(3,18)19)6-7-12(13)15/h4,6-7,9-10H,1,5,8H2,2-3H3,(H,16,17). The molecule has 0 aliphatic rings. The third-order valence-electron chi connectivity index (χ3n) is 2.68. The fourth-order valence-electron chi connectivity index (χ4n) is 1.47. The van der Waals surface area contributed by atoms with Crippen LogP contribution in [0.15, 0.2) is 35.7 Å². The Bertz CT molecular complexity index is 628. The maximum absolute atomic E-state index is 13.6. The lowest BCUT2D eigenvalue weighted by molar-refractivity contribution is -0.126. The second-order valence-electron chi connectivity index (χ2n) is 4.49. The maximum Gasteiger partial charge on any atom is 0.253 e. The topological polar surface area (TPSA) is 72.5 Å². The molecule has 1 aromatic rings. The predicted octanol–water partition coefficient (Wildman–Crippen LogP) is 2.15. The van der Waals surface area contributed by atoms with Gasteiger partial charge in [-0.25, -0.2) is 12.8 Å². The SMILES string of the molecule is C=CCCOC(C)C(=O)Nc1cc(S(C)(=O)=O)ccc1F. The highest BCUT2D eigenvalue weighted by Crippen LogP contribution is 2.20. The molecule has 1 unspecified atom stereocenters. The van der Waals surface area contributed by atoms with Gasteiger partial charge in [-0.15, -0.1) is 6.58 Å². The molecule has 0 aliphatic carbocycles. The summed E-state index contributed by atoms with van der Waals surface area (Å²) in [5.74, 6) is -1.27. The van der Waals surface area contributed by atoms with Gasteiger partial charge in [-0.2, -0.15) is 0 Å². The molecule has 1 rings (SSSR count). The zero-order valence-corrected chi connectivity index (χ0v) is 12.7. The minimum Gasteiger partial charge on any atom is -0.368 e. The highest BCUT2D eigenvalue weighted by Gasteiger charge is 2.17. The van der Waals surface area contributed by atoms with Crippen LogP contribution in [0.2, 0.25) is 0 Å². The summed E-state index contributed by atoms with van der Waals surface area (Å²) >= 11 is 0. The first kappa shape index (κ1) is 17.3. The Balaban J connectivity index is 2.82. The number of hydrogen-bond acceptors (Lipinski definition) is 4. The molecule has 0 bridgehead atoms. The van der Waals surface area contributed by atoms with Gasteiger partial charge in [0, 0.05) is 6.26 Å². The van der Waals surface area contributed by atoms with E-state index in [1.54, 1.807) is 6.08 Å². The number of nitrogens with one attached hydrogen (secondary N) is 1. The molecule has 0 fully saturated rings. The van der Waals surface area contributed by atoms with Crippen molar-refractivity contribution in [2.45, 2.75) is 24.3 Å². The summed E-state index contributed by atoms with van der Waals surface area (Å²) in [6.07, 6.45) is 2.47. The highest BCUT2D eigenvalue weighted by molar-refractivity contribution is 7.90. The van der Waals surface area contributed by atoms with Gasteiger partial charge < -0.3 is 10.1 Å². The van der Waals surface area contributed by atoms with Crippen LogP contribution in [-0.4, -0.2) is 33.3 Å². The second-order valence-corrected chi connectivity index (χ2v) is 6.51. The molecule has 0 heterocycles. The monoisotopic (exact) mass is 315 g/mol. The lowest BCUT2D eigenvalue weighted by Crippen LogP contribution is -2.28. The van der Waals surface area contributed by atoms with Gasteiger partial charge in [0.25, 0.3) is 5.91 Å². The molecule has 0 saturated carbocycles. The van der Waals surface area contributed by atoms with Gasteiger partial charge in [0.15, 0.2) is 9.84 Å². The van der Waals surface area contributed by atoms with Crippen molar-refractivity contribution < 1.29 is 22.3 Å². The molecule has 1 atom stereocenters. The van der Waals surface area contributed by atoms with Crippen LogP contribution < -0.4 is 5.32 Å². The minimum atomic E-state index is -3.48. The van der Waals surface area contributed by atoms with Crippen LogP contribution in [0.1, 0.15) is 13.3 Å². The van der Waals surface area contributed by atoms with E-state index in [4.69, 9.17) is 4.74 Å². The summed E-state index contributed by atoms with van der Waals surface area (Å²) in [7, 11) is -3.48. The molecule has 0 aliphatic heterocycles. The van der Waals surface area contributed by atoms with Crippen LogP contribution in [-0.2, 0) is 19.4 Å². The van der Waals surface area contributed by atoms with E-state index in [0.29, 0.717) is 13.0 Å². The van der Waals surface area contributed by atoms with Crippen LogP contribution in [0.25, 0.3) is 0 Å². The summed E-state index contributed by atoms with van der Waals surface area (Å²) in [4.78, 5) is 11.8. The summed E-state index contributed by atoms with van der Waals surface area (Å²) in [5.41, 5.74) is -0.193. The number of carbonyl (C=O) groups is 1. The van der Waals surface area contributed by atoms with Crippen LogP contribution in [0, 0.1) is 5.82 Å². The smallest absolute Gasteiger partial charge is 0.253 e. The van der Waals surface area contributed by atoms with E-state index < -0.39 is 27.7 Å². The molecule has 1 N–H and O–H groups in total. The van der Waals surface area contributed by atoms with E-state index in [1.807, 2.05) is 0 Å². The van der Waals surface area contributed by atoms with Crippen molar-refractivity contribution in [3.63, 3.8) is 0 Å². The van der Waals surface area contributed by atoms with Crippen molar-refractivity contribution in [1.82, 2.24) is 0 Å². The Hall–Kier alpha value is -1.73. The van der Waals surface area contributed by atoms with Crippen molar-refractivity contribution in [2.75, 3.05) is 18.2 Å². The molecule has 1 aromatic carbocycles. The number of hydrogen-bond donors (Lipinski definition) is 1. The number of carbonyl (C=O) groups excluding carboxylic acids is 1. The van der Waals surface area contributed by atoms with Crippen molar-refractivity contribution in [3.8, 4) is 0 Å². The largest absolute Gasteiger partial charge is 0.368 e. The average molecular weight is 315 g/mol. The van der Waals surface area contributed by atoms with Gasteiger partial charge in [-0.3, -0.25) is 4.79 Å². The van der Waals surface area contributed by atoms with E-state index in [1.165, 1.54) is 6.92 Å². The van der Waals surface area contributed by atoms with Crippen LogP contribution >= 0.6 is 0 Å². The molecule has 1 amide bonds. The number of anilines is 1. The fraction of sp³-hybridized carbons (Fsp3) is 0.357. The number of ether oxygens (including phenoxy) is 1. The Kier molecular flexibility index (Phi) is 6.04. The van der Waals surface area contributed by atoms with Gasteiger partial charge in [0.05, 0.1) is 17.2 Å². The van der Waals surface area contributed by atoms with Crippen LogP contribution in [0.3, 0.4) is 0 Å². The fourth-order valence-corrected chi connectivity index (χ4v) is 2.12. The van der Waals surface area contributed by atoms with Gasteiger partial charge >= 0.3 is 0 Å². The summed E-state index contributed by atoms with van der Waals surface area (Å²) < 4.78 is 41.7. The summed E-state index contributed by atoms with van der Waals surface area (Å²) in [6.45, 7) is 5.38. The van der Waals surface area contributed by atoms with Gasteiger partial charge in [-0.1, -0.05) is 6.08 Å². The summed E-state index contributed by atoms with van der Waals surface area (Å²) in [5, 5.41) is 2.32. The van der Waals surface area contributed by atoms with Crippen molar-refractivity contribution in [2.24, 2.45) is 0 Å².